The van der Waals surface area contributed by atoms with Gasteiger partial charge in [-0.15, -0.1) is 0 Å². The highest BCUT2D eigenvalue weighted by Crippen LogP contribution is 2.23. The standard InChI is InChI=1S/C13H15BrF2N2O3/c1-3-6(2)10(12(19)20)17-13(21)18-11-8(15)4-7(14)5-9(11)16/h4-6,10H,3H2,1-2H3,(H,19,20)(H2,17,18,21)/t6?,10-/m0/s1. The summed E-state index contributed by atoms with van der Waals surface area (Å²) in [5.41, 5.74) is -0.635. The molecule has 116 valence electrons. The lowest BCUT2D eigenvalue weighted by atomic mass is 9.99. The number of urea groups is 1. The van der Waals surface area contributed by atoms with Crippen LogP contribution in [0.2, 0.25) is 0 Å². The molecule has 1 unspecified atom stereocenters. The van der Waals surface area contributed by atoms with E-state index in [-0.39, 0.29) is 10.4 Å². The quantitative estimate of drug-likeness (QED) is 0.749. The van der Waals surface area contributed by atoms with Gasteiger partial charge in [0, 0.05) is 4.47 Å². The molecule has 3 N–H and O–H groups in total. The SMILES string of the molecule is CCC(C)[C@H](NC(=O)Nc1c(F)cc(Br)cc1F)C(=O)O. The average Bonchev–Trinajstić information content (AvgIpc) is 2.39. The lowest BCUT2D eigenvalue weighted by Gasteiger charge is -2.20. The Kier molecular flexibility index (Phi) is 6.07. The fourth-order valence-corrected chi connectivity index (χ4v) is 2.04. The van der Waals surface area contributed by atoms with Gasteiger partial charge in [0.2, 0.25) is 0 Å². The van der Waals surface area contributed by atoms with E-state index in [1.165, 1.54) is 0 Å². The predicted molar refractivity (Wildman–Crippen MR) is 77.1 cm³/mol. The van der Waals surface area contributed by atoms with Crippen molar-refractivity contribution in [3.8, 4) is 0 Å². The molecular weight excluding hydrogens is 350 g/mol. The van der Waals surface area contributed by atoms with E-state index >= 15 is 0 Å². The number of halogens is 3. The lowest BCUT2D eigenvalue weighted by Crippen LogP contribution is -2.46. The molecule has 0 aromatic heterocycles. The second kappa shape index (κ2) is 7.35. The van der Waals surface area contributed by atoms with Crippen molar-refractivity contribution < 1.29 is 23.5 Å². The molecule has 0 aliphatic heterocycles. The van der Waals surface area contributed by atoms with Crippen LogP contribution in [0.1, 0.15) is 20.3 Å². The largest absolute Gasteiger partial charge is 0.480 e. The summed E-state index contributed by atoms with van der Waals surface area (Å²) < 4.78 is 27.3. The van der Waals surface area contributed by atoms with Crippen LogP contribution in [-0.4, -0.2) is 23.1 Å². The van der Waals surface area contributed by atoms with E-state index in [1.54, 1.807) is 13.8 Å². The zero-order valence-corrected chi connectivity index (χ0v) is 13.0. The molecule has 0 aliphatic rings. The summed E-state index contributed by atoms with van der Waals surface area (Å²) in [6.07, 6.45) is 0.526. The molecule has 2 atom stereocenters. The first-order valence-electron chi connectivity index (χ1n) is 6.21. The van der Waals surface area contributed by atoms with Gasteiger partial charge >= 0.3 is 12.0 Å². The first-order chi connectivity index (χ1) is 9.76. The normalized spacial score (nSPS) is 13.4. The number of benzene rings is 1. The molecule has 5 nitrogen and oxygen atoms in total. The van der Waals surface area contributed by atoms with Crippen LogP contribution in [0.15, 0.2) is 16.6 Å². The van der Waals surface area contributed by atoms with Crippen LogP contribution in [0.4, 0.5) is 19.3 Å². The number of carboxylic acids is 1. The summed E-state index contributed by atoms with van der Waals surface area (Å²) >= 11 is 2.92. The molecule has 0 radical (unpaired) electrons. The second-order valence-corrected chi connectivity index (χ2v) is 5.46. The minimum absolute atomic E-state index is 0.187. The highest BCUT2D eigenvalue weighted by molar-refractivity contribution is 9.10. The second-order valence-electron chi connectivity index (χ2n) is 4.54. The Bertz CT molecular complexity index is 531. The maximum Gasteiger partial charge on any atom is 0.326 e. The van der Waals surface area contributed by atoms with Gasteiger partial charge in [0.15, 0.2) is 11.6 Å². The van der Waals surface area contributed by atoms with Gasteiger partial charge in [0.1, 0.15) is 11.7 Å². The van der Waals surface area contributed by atoms with Gasteiger partial charge in [-0.3, -0.25) is 0 Å². The van der Waals surface area contributed by atoms with E-state index < -0.39 is 35.4 Å². The smallest absolute Gasteiger partial charge is 0.326 e. The van der Waals surface area contributed by atoms with Crippen molar-refractivity contribution in [1.82, 2.24) is 5.32 Å². The van der Waals surface area contributed by atoms with Crippen molar-refractivity contribution in [2.24, 2.45) is 5.92 Å². The maximum absolute atomic E-state index is 13.6. The van der Waals surface area contributed by atoms with E-state index in [4.69, 9.17) is 5.11 Å². The summed E-state index contributed by atoms with van der Waals surface area (Å²) in [4.78, 5) is 22.8. The Labute approximate surface area is 128 Å². The Morgan fingerprint density at radius 1 is 1.33 bits per heavy atom. The van der Waals surface area contributed by atoms with Crippen LogP contribution in [0.3, 0.4) is 0 Å². The Balaban J connectivity index is 2.84. The molecule has 0 heterocycles. The number of rotatable bonds is 5. The molecule has 0 aliphatic carbocycles. The van der Waals surface area contributed by atoms with Crippen molar-refractivity contribution in [3.63, 3.8) is 0 Å². The van der Waals surface area contributed by atoms with E-state index in [0.29, 0.717) is 6.42 Å². The topological polar surface area (TPSA) is 78.4 Å². The molecule has 8 heteroatoms. The molecule has 1 aromatic carbocycles. The highest BCUT2D eigenvalue weighted by Gasteiger charge is 2.26. The maximum atomic E-state index is 13.6. The van der Waals surface area contributed by atoms with Crippen molar-refractivity contribution in [1.29, 1.82) is 0 Å². The van der Waals surface area contributed by atoms with Gasteiger partial charge in [0.05, 0.1) is 0 Å². The Morgan fingerprint density at radius 3 is 2.29 bits per heavy atom. The first kappa shape index (κ1) is 17.4. The van der Waals surface area contributed by atoms with Gasteiger partial charge in [0.25, 0.3) is 0 Å². The number of hydrogen-bond donors (Lipinski definition) is 3. The van der Waals surface area contributed by atoms with Gasteiger partial charge in [-0.2, -0.15) is 0 Å². The monoisotopic (exact) mass is 364 g/mol. The minimum Gasteiger partial charge on any atom is -0.480 e. The molecule has 2 amide bonds. The summed E-state index contributed by atoms with van der Waals surface area (Å²) in [7, 11) is 0. The third-order valence-electron chi connectivity index (χ3n) is 3.01. The number of carboxylic acid groups (broad SMARTS) is 1. The minimum atomic E-state index is -1.21. The predicted octanol–water partition coefficient (Wildman–Crippen LogP) is 3.35. The lowest BCUT2D eigenvalue weighted by molar-refractivity contribution is -0.140. The summed E-state index contributed by atoms with van der Waals surface area (Å²) in [5, 5.41) is 13.2. The molecule has 1 rings (SSSR count). The van der Waals surface area contributed by atoms with Gasteiger partial charge < -0.3 is 15.7 Å². The summed E-state index contributed by atoms with van der Waals surface area (Å²) in [5.74, 6) is -3.47. The highest BCUT2D eigenvalue weighted by atomic mass is 79.9. The fraction of sp³-hybridized carbons (Fsp3) is 0.385. The Morgan fingerprint density at radius 2 is 1.86 bits per heavy atom. The van der Waals surface area contributed by atoms with Crippen molar-refractivity contribution in [2.45, 2.75) is 26.3 Å². The van der Waals surface area contributed by atoms with Crippen molar-refractivity contribution in [2.75, 3.05) is 5.32 Å². The number of nitrogens with one attached hydrogen (secondary N) is 2. The number of hydrogen-bond acceptors (Lipinski definition) is 2. The number of anilines is 1. The van der Waals surface area contributed by atoms with E-state index in [0.717, 1.165) is 12.1 Å². The Hall–Kier alpha value is -1.70. The fourth-order valence-electron chi connectivity index (χ4n) is 1.64. The van der Waals surface area contributed by atoms with E-state index in [9.17, 15) is 18.4 Å². The van der Waals surface area contributed by atoms with Gasteiger partial charge in [-0.25, -0.2) is 18.4 Å². The van der Waals surface area contributed by atoms with Crippen LogP contribution in [0.25, 0.3) is 0 Å². The van der Waals surface area contributed by atoms with Crippen LogP contribution in [-0.2, 0) is 4.79 Å². The van der Waals surface area contributed by atoms with Crippen LogP contribution in [0, 0.1) is 17.6 Å². The summed E-state index contributed by atoms with van der Waals surface area (Å²) in [6.45, 7) is 3.42. The van der Waals surface area contributed by atoms with E-state index in [1.807, 2.05) is 5.32 Å². The summed E-state index contributed by atoms with van der Waals surface area (Å²) in [6, 6.07) is -0.149. The zero-order valence-electron chi connectivity index (χ0n) is 11.4. The average molecular weight is 365 g/mol. The number of amides is 2. The molecule has 0 spiro atoms. The molecule has 0 saturated carbocycles. The van der Waals surface area contributed by atoms with Gasteiger partial charge in [-0.05, 0) is 18.1 Å². The molecule has 21 heavy (non-hydrogen) atoms. The van der Waals surface area contributed by atoms with Crippen LogP contribution < -0.4 is 10.6 Å². The first-order valence-corrected chi connectivity index (χ1v) is 7.00. The van der Waals surface area contributed by atoms with Crippen LogP contribution >= 0.6 is 15.9 Å². The molecule has 0 fully saturated rings. The van der Waals surface area contributed by atoms with Gasteiger partial charge in [-0.1, -0.05) is 36.2 Å². The molecule has 0 saturated heterocycles. The van der Waals surface area contributed by atoms with Crippen LogP contribution in [0.5, 0.6) is 0 Å². The number of carbonyl (C=O) groups is 2. The van der Waals surface area contributed by atoms with Crippen molar-refractivity contribution >= 4 is 33.6 Å². The molecule has 1 aromatic rings. The number of aliphatic carboxylic acids is 1. The molecular formula is C13H15BrF2N2O3. The van der Waals surface area contributed by atoms with E-state index in [2.05, 4.69) is 21.2 Å². The third-order valence-corrected chi connectivity index (χ3v) is 3.47. The number of carbonyl (C=O) groups excluding carboxylic acids is 1. The van der Waals surface area contributed by atoms with Crippen molar-refractivity contribution in [3.05, 3.63) is 28.2 Å². The third kappa shape index (κ3) is 4.66. The zero-order chi connectivity index (χ0) is 16.2. The molecule has 0 bridgehead atoms.